The summed E-state index contributed by atoms with van der Waals surface area (Å²) in [5.41, 5.74) is 5.62. The van der Waals surface area contributed by atoms with E-state index >= 15 is 0 Å². The smallest absolute Gasteiger partial charge is 0.158 e. The fourth-order valence-corrected chi connectivity index (χ4v) is 1.33. The van der Waals surface area contributed by atoms with Gasteiger partial charge in [-0.15, -0.1) is 0 Å². The predicted molar refractivity (Wildman–Crippen MR) is 59.6 cm³/mol. The first kappa shape index (κ1) is 14.8. The molecule has 0 saturated carbocycles. The summed E-state index contributed by atoms with van der Waals surface area (Å²) in [6.45, 7) is 1.67. The molecule has 15 heavy (non-hydrogen) atoms. The van der Waals surface area contributed by atoms with Crippen LogP contribution in [0.1, 0.15) is 19.3 Å². The lowest BCUT2D eigenvalue weighted by Crippen LogP contribution is -2.40. The first-order chi connectivity index (χ1) is 7.28. The van der Waals surface area contributed by atoms with Crippen LogP contribution in [0.5, 0.6) is 0 Å². The molecule has 0 fully saturated rings. The lowest BCUT2D eigenvalue weighted by atomic mass is 10.2. The number of nitrogens with two attached hydrogens (primary N) is 1. The van der Waals surface area contributed by atoms with Crippen LogP contribution in [0.3, 0.4) is 0 Å². The third kappa shape index (κ3) is 7.70. The van der Waals surface area contributed by atoms with Gasteiger partial charge in [0, 0.05) is 39.8 Å². The number of unbranched alkanes of at least 4 members (excludes halogenated alkanes) is 1. The number of ether oxygens (including phenoxy) is 2. The van der Waals surface area contributed by atoms with Crippen LogP contribution in [0.15, 0.2) is 0 Å². The van der Waals surface area contributed by atoms with Crippen molar-refractivity contribution in [2.75, 3.05) is 33.9 Å². The van der Waals surface area contributed by atoms with E-state index in [4.69, 9.17) is 20.3 Å². The molecule has 0 radical (unpaired) electrons. The van der Waals surface area contributed by atoms with Crippen molar-refractivity contribution in [2.45, 2.75) is 31.6 Å². The van der Waals surface area contributed by atoms with E-state index in [1.54, 1.807) is 14.2 Å². The van der Waals surface area contributed by atoms with Crippen LogP contribution in [0.25, 0.3) is 0 Å². The lowest BCUT2D eigenvalue weighted by Gasteiger charge is -2.21. The second-order valence-corrected chi connectivity index (χ2v) is 3.45. The Balaban J connectivity index is 3.61. The summed E-state index contributed by atoms with van der Waals surface area (Å²) in [5, 5.41) is 11.9. The van der Waals surface area contributed by atoms with Gasteiger partial charge in [0.1, 0.15) is 0 Å². The quantitative estimate of drug-likeness (QED) is 0.347. The number of hydrogen-bond acceptors (Lipinski definition) is 5. The Hall–Kier alpha value is -0.200. The molecule has 92 valence electrons. The maximum atomic E-state index is 8.62. The van der Waals surface area contributed by atoms with Gasteiger partial charge in [0.25, 0.3) is 0 Å². The number of hydrogen-bond donors (Lipinski definition) is 3. The van der Waals surface area contributed by atoms with Crippen molar-refractivity contribution in [3.63, 3.8) is 0 Å². The average molecular weight is 220 g/mol. The Morgan fingerprint density at radius 2 is 1.93 bits per heavy atom. The Morgan fingerprint density at radius 1 is 1.27 bits per heavy atom. The lowest BCUT2D eigenvalue weighted by molar-refractivity contribution is -0.110. The molecule has 1 unspecified atom stereocenters. The van der Waals surface area contributed by atoms with Crippen molar-refractivity contribution >= 4 is 0 Å². The molecule has 5 heteroatoms. The fraction of sp³-hybridized carbons (Fsp3) is 1.00. The van der Waals surface area contributed by atoms with Gasteiger partial charge in [-0.05, 0) is 19.4 Å². The van der Waals surface area contributed by atoms with E-state index < -0.39 is 0 Å². The molecule has 0 aromatic heterocycles. The van der Waals surface area contributed by atoms with E-state index in [9.17, 15) is 0 Å². The highest BCUT2D eigenvalue weighted by atomic mass is 16.7. The fourth-order valence-electron chi connectivity index (χ4n) is 1.33. The second kappa shape index (κ2) is 10.3. The zero-order chi connectivity index (χ0) is 11.5. The first-order valence-corrected chi connectivity index (χ1v) is 5.38. The highest BCUT2D eigenvalue weighted by Gasteiger charge is 2.13. The molecule has 0 aromatic rings. The standard InChI is InChI=1S/C10H24N2O3/c1-14-10(15-2)7-9(8-11)12-5-3-4-6-13/h9-10,12-13H,3-8,11H2,1-2H3. The van der Waals surface area contributed by atoms with E-state index in [1.165, 1.54) is 0 Å². The van der Waals surface area contributed by atoms with Crippen molar-refractivity contribution < 1.29 is 14.6 Å². The van der Waals surface area contributed by atoms with Crippen LogP contribution in [-0.2, 0) is 9.47 Å². The molecule has 0 bridgehead atoms. The molecule has 0 spiro atoms. The molecular formula is C10H24N2O3. The van der Waals surface area contributed by atoms with E-state index in [1.807, 2.05) is 0 Å². The van der Waals surface area contributed by atoms with Gasteiger partial charge < -0.3 is 25.6 Å². The zero-order valence-corrected chi connectivity index (χ0v) is 9.74. The molecule has 0 aliphatic rings. The van der Waals surface area contributed by atoms with Gasteiger partial charge in [-0.25, -0.2) is 0 Å². The van der Waals surface area contributed by atoms with E-state index in [2.05, 4.69) is 5.32 Å². The van der Waals surface area contributed by atoms with Gasteiger partial charge in [0.05, 0.1) is 0 Å². The highest BCUT2D eigenvalue weighted by molar-refractivity contribution is 4.69. The maximum absolute atomic E-state index is 8.62. The average Bonchev–Trinajstić information content (AvgIpc) is 2.28. The van der Waals surface area contributed by atoms with Gasteiger partial charge in [-0.2, -0.15) is 0 Å². The van der Waals surface area contributed by atoms with E-state index in [0.717, 1.165) is 25.8 Å². The van der Waals surface area contributed by atoms with E-state index in [0.29, 0.717) is 6.54 Å². The monoisotopic (exact) mass is 220 g/mol. The molecule has 0 aliphatic heterocycles. The number of aliphatic hydroxyl groups excluding tert-OH is 1. The van der Waals surface area contributed by atoms with Crippen LogP contribution in [0.2, 0.25) is 0 Å². The summed E-state index contributed by atoms with van der Waals surface area (Å²) in [7, 11) is 3.24. The Kier molecular flexibility index (Phi) is 10.2. The molecule has 0 saturated heterocycles. The highest BCUT2D eigenvalue weighted by Crippen LogP contribution is 2.02. The van der Waals surface area contributed by atoms with Crippen LogP contribution in [0, 0.1) is 0 Å². The zero-order valence-electron chi connectivity index (χ0n) is 9.74. The summed E-state index contributed by atoms with van der Waals surface area (Å²) in [6.07, 6.45) is 2.31. The molecule has 1 atom stereocenters. The molecule has 0 amide bonds. The van der Waals surface area contributed by atoms with Crippen molar-refractivity contribution in [3.8, 4) is 0 Å². The van der Waals surface area contributed by atoms with E-state index in [-0.39, 0.29) is 18.9 Å². The first-order valence-electron chi connectivity index (χ1n) is 5.38. The summed E-state index contributed by atoms with van der Waals surface area (Å²) < 4.78 is 10.2. The number of nitrogens with one attached hydrogen (secondary N) is 1. The van der Waals surface area contributed by atoms with Crippen LogP contribution >= 0.6 is 0 Å². The predicted octanol–water partition coefficient (Wildman–Crippen LogP) is -0.315. The van der Waals surface area contributed by atoms with Crippen LogP contribution in [-0.4, -0.2) is 51.4 Å². The summed E-state index contributed by atoms with van der Waals surface area (Å²) >= 11 is 0. The summed E-state index contributed by atoms with van der Waals surface area (Å²) in [6, 6.07) is 0.202. The van der Waals surface area contributed by atoms with Gasteiger partial charge >= 0.3 is 0 Å². The minimum Gasteiger partial charge on any atom is -0.396 e. The molecular weight excluding hydrogens is 196 g/mol. The number of aliphatic hydroxyl groups is 1. The topological polar surface area (TPSA) is 76.7 Å². The minimum atomic E-state index is -0.205. The van der Waals surface area contributed by atoms with Crippen molar-refractivity contribution in [1.82, 2.24) is 5.32 Å². The third-order valence-electron chi connectivity index (χ3n) is 2.31. The van der Waals surface area contributed by atoms with Crippen LogP contribution < -0.4 is 11.1 Å². The number of methoxy groups -OCH3 is 2. The summed E-state index contributed by atoms with van der Waals surface area (Å²) in [4.78, 5) is 0. The summed E-state index contributed by atoms with van der Waals surface area (Å²) in [5.74, 6) is 0. The Morgan fingerprint density at radius 3 is 2.40 bits per heavy atom. The van der Waals surface area contributed by atoms with Gasteiger partial charge in [-0.1, -0.05) is 0 Å². The largest absolute Gasteiger partial charge is 0.396 e. The third-order valence-corrected chi connectivity index (χ3v) is 2.31. The normalized spacial score (nSPS) is 13.4. The van der Waals surface area contributed by atoms with Crippen LogP contribution in [0.4, 0.5) is 0 Å². The van der Waals surface area contributed by atoms with Gasteiger partial charge in [0.15, 0.2) is 6.29 Å². The Labute approximate surface area is 91.9 Å². The molecule has 4 N–H and O–H groups in total. The molecule has 0 aromatic carbocycles. The SMILES string of the molecule is COC(CC(CN)NCCCCO)OC. The van der Waals surface area contributed by atoms with Gasteiger partial charge in [-0.3, -0.25) is 0 Å². The molecule has 0 aliphatic carbocycles. The van der Waals surface area contributed by atoms with Crippen molar-refractivity contribution in [2.24, 2.45) is 5.73 Å². The van der Waals surface area contributed by atoms with Gasteiger partial charge in [0.2, 0.25) is 0 Å². The van der Waals surface area contributed by atoms with Crippen molar-refractivity contribution in [1.29, 1.82) is 0 Å². The molecule has 5 nitrogen and oxygen atoms in total. The minimum absolute atomic E-state index is 0.202. The number of rotatable bonds is 10. The Bertz CT molecular complexity index is 132. The second-order valence-electron chi connectivity index (χ2n) is 3.45. The molecule has 0 heterocycles. The maximum Gasteiger partial charge on any atom is 0.158 e. The van der Waals surface area contributed by atoms with Crippen molar-refractivity contribution in [3.05, 3.63) is 0 Å². The molecule has 0 rings (SSSR count).